The predicted octanol–water partition coefficient (Wildman–Crippen LogP) is 3.89. The molecule has 1 aromatic carbocycles. The first kappa shape index (κ1) is 34.6. The number of amides is 1. The van der Waals surface area contributed by atoms with Crippen molar-refractivity contribution in [2.45, 2.75) is 45.4 Å². The number of hydrogen-bond acceptors (Lipinski definition) is 11. The SMILES string of the molecule is COc1ccnc(C(=O)NC2COC(=O)C(Cc3ccccc3)C(OC(=O)C(C)C)C(C)OC2=O)c1OC(=O)C(Cl)=C(Cl)Cl. The topological polar surface area (TPSA) is 156 Å². The van der Waals surface area contributed by atoms with Crippen molar-refractivity contribution < 1.29 is 47.7 Å². The van der Waals surface area contributed by atoms with Crippen LogP contribution in [0.3, 0.4) is 0 Å². The number of nitrogens with one attached hydrogen (secondary N) is 1. The molecule has 44 heavy (non-hydrogen) atoms. The molecule has 3 rings (SSSR count). The molecule has 2 aromatic rings. The number of rotatable bonds is 9. The monoisotopic (exact) mass is 670 g/mol. The van der Waals surface area contributed by atoms with Gasteiger partial charge in [-0.1, -0.05) is 79.0 Å². The van der Waals surface area contributed by atoms with Crippen LogP contribution in [0.4, 0.5) is 0 Å². The lowest BCUT2D eigenvalue weighted by Gasteiger charge is -2.29. The number of carbonyl (C=O) groups is 5. The van der Waals surface area contributed by atoms with Crippen molar-refractivity contribution in [3.63, 3.8) is 0 Å². The Morgan fingerprint density at radius 3 is 2.36 bits per heavy atom. The van der Waals surface area contributed by atoms with E-state index >= 15 is 0 Å². The maximum absolute atomic E-state index is 13.4. The first-order valence-electron chi connectivity index (χ1n) is 13.2. The van der Waals surface area contributed by atoms with Crippen molar-refractivity contribution in [2.75, 3.05) is 13.7 Å². The number of cyclic esters (lactones) is 2. The summed E-state index contributed by atoms with van der Waals surface area (Å²) in [4.78, 5) is 68.9. The Labute approximate surface area is 267 Å². The second kappa shape index (κ2) is 15.7. The molecule has 1 aliphatic rings. The second-order valence-electron chi connectivity index (χ2n) is 9.81. The van der Waals surface area contributed by atoms with E-state index in [0.717, 1.165) is 5.56 Å². The van der Waals surface area contributed by atoms with Gasteiger partial charge in [0.15, 0.2) is 28.6 Å². The van der Waals surface area contributed by atoms with Crippen LogP contribution in [0.25, 0.3) is 0 Å². The number of esters is 4. The Balaban J connectivity index is 1.91. The molecule has 1 saturated heterocycles. The minimum absolute atomic E-state index is 0.0932. The van der Waals surface area contributed by atoms with Crippen molar-refractivity contribution in [1.29, 1.82) is 0 Å². The summed E-state index contributed by atoms with van der Waals surface area (Å²) in [6.45, 7) is 4.07. The molecule has 1 aliphatic heterocycles. The summed E-state index contributed by atoms with van der Waals surface area (Å²) < 4.78 is 26.4. The highest BCUT2D eigenvalue weighted by Gasteiger charge is 2.42. The predicted molar refractivity (Wildman–Crippen MR) is 157 cm³/mol. The molecule has 1 N–H and O–H groups in total. The average molecular weight is 672 g/mol. The van der Waals surface area contributed by atoms with Gasteiger partial charge in [0, 0.05) is 12.3 Å². The molecule has 0 spiro atoms. The van der Waals surface area contributed by atoms with Gasteiger partial charge in [0.05, 0.1) is 13.0 Å². The Hall–Kier alpha value is -3.87. The highest BCUT2D eigenvalue weighted by molar-refractivity contribution is 6.62. The van der Waals surface area contributed by atoms with E-state index in [2.05, 4.69) is 10.3 Å². The van der Waals surface area contributed by atoms with E-state index in [-0.39, 0.29) is 12.2 Å². The molecule has 0 aliphatic carbocycles. The number of benzene rings is 1. The van der Waals surface area contributed by atoms with Crippen LogP contribution >= 0.6 is 34.8 Å². The fraction of sp³-hybridized carbons (Fsp3) is 0.379. The third kappa shape index (κ3) is 8.84. The van der Waals surface area contributed by atoms with E-state index < -0.39 is 87.4 Å². The summed E-state index contributed by atoms with van der Waals surface area (Å²) >= 11 is 16.9. The largest absolute Gasteiger partial charge is 0.493 e. The van der Waals surface area contributed by atoms with Crippen molar-refractivity contribution in [2.24, 2.45) is 11.8 Å². The third-order valence-electron chi connectivity index (χ3n) is 6.31. The van der Waals surface area contributed by atoms with Crippen molar-refractivity contribution in [3.05, 3.63) is 63.4 Å². The van der Waals surface area contributed by atoms with Gasteiger partial charge in [-0.25, -0.2) is 14.6 Å². The van der Waals surface area contributed by atoms with Gasteiger partial charge in [0.25, 0.3) is 5.91 Å². The number of carbonyl (C=O) groups excluding carboxylic acids is 5. The van der Waals surface area contributed by atoms with Gasteiger partial charge in [-0.05, 0) is 18.9 Å². The Morgan fingerprint density at radius 1 is 1.07 bits per heavy atom. The minimum atomic E-state index is -1.54. The van der Waals surface area contributed by atoms with E-state index in [9.17, 15) is 24.0 Å². The number of ether oxygens (including phenoxy) is 5. The first-order chi connectivity index (χ1) is 20.8. The summed E-state index contributed by atoms with van der Waals surface area (Å²) in [5.41, 5.74) is 0.254. The molecule has 0 saturated carbocycles. The van der Waals surface area contributed by atoms with Crippen molar-refractivity contribution in [3.8, 4) is 11.5 Å². The minimum Gasteiger partial charge on any atom is -0.493 e. The summed E-state index contributed by atoms with van der Waals surface area (Å²) in [5, 5.41) is 1.70. The van der Waals surface area contributed by atoms with Gasteiger partial charge < -0.3 is 29.0 Å². The fourth-order valence-corrected chi connectivity index (χ4v) is 4.24. The third-order valence-corrected chi connectivity index (χ3v) is 7.23. The number of methoxy groups -OCH3 is 1. The van der Waals surface area contributed by atoms with Crippen LogP contribution in [-0.2, 0) is 39.8 Å². The number of pyridine rings is 1. The number of halogens is 3. The van der Waals surface area contributed by atoms with Gasteiger partial charge >= 0.3 is 23.9 Å². The molecular weight excluding hydrogens is 643 g/mol. The van der Waals surface area contributed by atoms with Gasteiger partial charge in [-0.15, -0.1) is 0 Å². The highest BCUT2D eigenvalue weighted by atomic mass is 35.5. The van der Waals surface area contributed by atoms with Crippen LogP contribution in [0.1, 0.15) is 36.8 Å². The molecule has 236 valence electrons. The number of nitrogens with zero attached hydrogens (tertiary/aromatic N) is 1. The van der Waals surface area contributed by atoms with Gasteiger partial charge in [0.1, 0.15) is 23.1 Å². The molecule has 15 heteroatoms. The van der Waals surface area contributed by atoms with E-state index in [1.807, 2.05) is 0 Å². The van der Waals surface area contributed by atoms with Crippen molar-refractivity contribution in [1.82, 2.24) is 10.3 Å². The lowest BCUT2D eigenvalue weighted by atomic mass is 9.91. The second-order valence-corrected chi connectivity index (χ2v) is 11.1. The zero-order chi connectivity index (χ0) is 32.6. The highest BCUT2D eigenvalue weighted by Crippen LogP contribution is 2.32. The Bertz CT molecular complexity index is 1430. The van der Waals surface area contributed by atoms with Crippen LogP contribution < -0.4 is 14.8 Å². The van der Waals surface area contributed by atoms with Gasteiger partial charge in [-0.2, -0.15) is 0 Å². The Morgan fingerprint density at radius 2 is 1.75 bits per heavy atom. The molecular formula is C29H29Cl3N2O10. The maximum atomic E-state index is 13.4. The summed E-state index contributed by atoms with van der Waals surface area (Å²) in [6, 6.07) is 8.71. The molecule has 1 fully saturated rings. The van der Waals surface area contributed by atoms with E-state index in [0.29, 0.717) is 0 Å². The molecule has 4 unspecified atom stereocenters. The van der Waals surface area contributed by atoms with E-state index in [1.54, 1.807) is 44.2 Å². The summed E-state index contributed by atoms with van der Waals surface area (Å²) in [5.74, 6) is -6.77. The molecule has 12 nitrogen and oxygen atoms in total. The maximum Gasteiger partial charge on any atom is 0.357 e. The quantitative estimate of drug-likeness (QED) is 0.234. The van der Waals surface area contributed by atoms with Crippen molar-refractivity contribution >= 4 is 64.6 Å². The van der Waals surface area contributed by atoms with Crippen LogP contribution in [0, 0.1) is 11.8 Å². The van der Waals surface area contributed by atoms with E-state index in [1.165, 1.54) is 26.3 Å². The lowest BCUT2D eigenvalue weighted by Crippen LogP contribution is -2.47. The van der Waals surface area contributed by atoms with Crippen LogP contribution in [-0.4, -0.2) is 66.7 Å². The molecule has 0 bridgehead atoms. The smallest absolute Gasteiger partial charge is 0.357 e. The molecule has 1 aromatic heterocycles. The average Bonchev–Trinajstić information content (AvgIpc) is 3.03. The summed E-state index contributed by atoms with van der Waals surface area (Å²) in [6.07, 6.45) is -1.03. The molecule has 0 radical (unpaired) electrons. The fourth-order valence-electron chi connectivity index (χ4n) is 4.04. The molecule has 4 atom stereocenters. The Kier molecular flexibility index (Phi) is 12.4. The van der Waals surface area contributed by atoms with Crippen LogP contribution in [0.2, 0.25) is 0 Å². The molecule has 2 heterocycles. The number of aromatic nitrogens is 1. The number of hydrogen-bond donors (Lipinski definition) is 1. The first-order valence-corrected chi connectivity index (χ1v) is 14.4. The zero-order valence-corrected chi connectivity index (χ0v) is 26.3. The van der Waals surface area contributed by atoms with Crippen LogP contribution in [0.5, 0.6) is 11.5 Å². The zero-order valence-electron chi connectivity index (χ0n) is 24.0. The summed E-state index contributed by atoms with van der Waals surface area (Å²) in [7, 11) is 1.24. The van der Waals surface area contributed by atoms with Gasteiger partial charge in [0.2, 0.25) is 5.75 Å². The lowest BCUT2D eigenvalue weighted by molar-refractivity contribution is -0.176. The standard InChI is InChI=1S/C29H29Cl3N2O10/c1-14(2)26(36)43-22-15(3)42-28(38)18(13-41-27(37)17(22)12-16-8-6-5-7-9-16)34-25(35)21-23(19(40-4)10-11-33-21)44-29(39)20(30)24(31)32/h5-11,14-15,17-18,22H,12-13H2,1-4H3,(H,34,35). The molecule has 1 amide bonds. The van der Waals surface area contributed by atoms with Gasteiger partial charge in [-0.3, -0.25) is 14.4 Å². The van der Waals surface area contributed by atoms with E-state index in [4.69, 9.17) is 58.5 Å². The normalized spacial score (nSPS) is 20.2. The van der Waals surface area contributed by atoms with Crippen LogP contribution in [0.15, 0.2) is 52.1 Å².